The first-order chi connectivity index (χ1) is 7.70. The number of hydrogen-bond donors (Lipinski definition) is 2. The van der Waals surface area contributed by atoms with Crippen LogP contribution in [0.5, 0.6) is 0 Å². The molecule has 1 aromatic rings. The fourth-order valence-electron chi connectivity index (χ4n) is 1.67. The van der Waals surface area contributed by atoms with Gasteiger partial charge in [-0.1, -0.05) is 12.1 Å². The van der Waals surface area contributed by atoms with E-state index < -0.39 is 12.3 Å². The third kappa shape index (κ3) is 2.15. The average molecular weight is 222 g/mol. The molecule has 3 N–H and O–H groups in total. The largest absolute Gasteiger partial charge is 0.428 e. The summed E-state index contributed by atoms with van der Waals surface area (Å²) in [6.07, 6.45) is -0.350. The van der Waals surface area contributed by atoms with Gasteiger partial charge in [0.1, 0.15) is 0 Å². The first-order valence-corrected chi connectivity index (χ1v) is 5.14. The Kier molecular flexibility index (Phi) is 3.07. The highest BCUT2D eigenvalue weighted by molar-refractivity contribution is 5.89. The minimum atomic E-state index is -0.551. The minimum Gasteiger partial charge on any atom is -0.428 e. The van der Waals surface area contributed by atoms with Gasteiger partial charge in [-0.3, -0.25) is 10.6 Å². The molecule has 0 spiro atoms. The van der Waals surface area contributed by atoms with Gasteiger partial charge in [0.15, 0.2) is 6.23 Å². The lowest BCUT2D eigenvalue weighted by Crippen LogP contribution is -2.27. The molecule has 5 nitrogen and oxygen atoms in total. The molecule has 1 aromatic carbocycles. The zero-order valence-electron chi connectivity index (χ0n) is 8.80. The maximum absolute atomic E-state index is 11.4. The summed E-state index contributed by atoms with van der Waals surface area (Å²) >= 11 is 0. The van der Waals surface area contributed by atoms with Gasteiger partial charge in [-0.15, -0.1) is 0 Å². The quantitative estimate of drug-likeness (QED) is 0.779. The van der Waals surface area contributed by atoms with Crippen LogP contribution in [0.2, 0.25) is 0 Å². The van der Waals surface area contributed by atoms with E-state index in [1.807, 2.05) is 24.3 Å². The molecule has 0 radical (unpaired) electrons. The molecule has 86 valence electrons. The summed E-state index contributed by atoms with van der Waals surface area (Å²) in [5.74, 6) is 0. The summed E-state index contributed by atoms with van der Waals surface area (Å²) < 4.78 is 4.83. The number of amides is 1. The molecule has 16 heavy (non-hydrogen) atoms. The van der Waals surface area contributed by atoms with E-state index in [2.05, 4.69) is 0 Å². The number of rotatable bonds is 3. The lowest BCUT2D eigenvalue weighted by molar-refractivity contribution is 0.144. The van der Waals surface area contributed by atoms with Gasteiger partial charge in [-0.05, 0) is 24.1 Å². The molecule has 1 aliphatic rings. The van der Waals surface area contributed by atoms with Crippen LogP contribution in [0.15, 0.2) is 24.3 Å². The highest BCUT2D eigenvalue weighted by Gasteiger charge is 2.29. The Bertz CT molecular complexity index is 377. The van der Waals surface area contributed by atoms with E-state index in [1.54, 1.807) is 0 Å². The molecular formula is C11H14N2O3. The number of nitrogens with two attached hydrogens (primary N) is 1. The van der Waals surface area contributed by atoms with Crippen LogP contribution in [0.3, 0.4) is 0 Å². The monoisotopic (exact) mass is 222 g/mol. The molecular weight excluding hydrogens is 208 g/mol. The van der Waals surface area contributed by atoms with E-state index in [0.29, 0.717) is 13.0 Å². The molecule has 2 rings (SSSR count). The summed E-state index contributed by atoms with van der Waals surface area (Å²) in [4.78, 5) is 12.9. The van der Waals surface area contributed by atoms with Crippen molar-refractivity contribution in [3.63, 3.8) is 0 Å². The maximum atomic E-state index is 11.4. The Labute approximate surface area is 93.4 Å². The molecule has 1 atom stereocenters. The van der Waals surface area contributed by atoms with Crippen molar-refractivity contribution in [3.05, 3.63) is 29.8 Å². The fraction of sp³-hybridized carbons (Fsp3) is 0.364. The van der Waals surface area contributed by atoms with Crippen molar-refractivity contribution in [1.82, 2.24) is 0 Å². The van der Waals surface area contributed by atoms with Crippen molar-refractivity contribution in [3.8, 4) is 0 Å². The average Bonchev–Trinajstić information content (AvgIpc) is 2.59. The number of anilines is 1. The second-order valence-electron chi connectivity index (χ2n) is 3.67. The third-order valence-corrected chi connectivity index (χ3v) is 2.48. The Hall–Kier alpha value is -1.59. The van der Waals surface area contributed by atoms with Crippen LogP contribution in [-0.4, -0.2) is 30.6 Å². The zero-order chi connectivity index (χ0) is 11.5. The Morgan fingerprint density at radius 3 is 2.62 bits per heavy atom. The van der Waals surface area contributed by atoms with Gasteiger partial charge in [-0.2, -0.15) is 0 Å². The molecule has 0 aliphatic carbocycles. The number of carbonyl (C=O) groups excluding carboxylic acids is 1. The van der Waals surface area contributed by atoms with Crippen molar-refractivity contribution >= 4 is 11.8 Å². The molecule has 1 saturated heterocycles. The number of aliphatic hydroxyl groups excluding tert-OH is 1. The molecule has 5 heteroatoms. The molecule has 0 saturated carbocycles. The van der Waals surface area contributed by atoms with Gasteiger partial charge in [0.25, 0.3) is 0 Å². The van der Waals surface area contributed by atoms with Crippen LogP contribution in [0, 0.1) is 0 Å². The number of cyclic esters (lactones) is 1. The first-order valence-electron chi connectivity index (χ1n) is 5.14. The van der Waals surface area contributed by atoms with Crippen LogP contribution in [-0.2, 0) is 11.2 Å². The van der Waals surface area contributed by atoms with Crippen LogP contribution >= 0.6 is 0 Å². The van der Waals surface area contributed by atoms with Crippen molar-refractivity contribution in [2.45, 2.75) is 12.6 Å². The van der Waals surface area contributed by atoms with E-state index in [1.165, 1.54) is 4.90 Å². The van der Waals surface area contributed by atoms with E-state index in [4.69, 9.17) is 15.6 Å². The van der Waals surface area contributed by atoms with Crippen LogP contribution in [0.1, 0.15) is 5.56 Å². The molecule has 0 unspecified atom stereocenters. The van der Waals surface area contributed by atoms with E-state index in [0.717, 1.165) is 11.3 Å². The first kappa shape index (κ1) is 10.9. The Morgan fingerprint density at radius 2 is 2.12 bits per heavy atom. The van der Waals surface area contributed by atoms with Crippen LogP contribution in [0.4, 0.5) is 10.5 Å². The van der Waals surface area contributed by atoms with Gasteiger partial charge < -0.3 is 9.84 Å². The summed E-state index contributed by atoms with van der Waals surface area (Å²) in [6, 6.07) is 7.40. The lowest BCUT2D eigenvalue weighted by atomic mass is 10.1. The van der Waals surface area contributed by atoms with Crippen molar-refractivity contribution < 1.29 is 14.6 Å². The number of hydrogen-bond acceptors (Lipinski definition) is 4. The summed E-state index contributed by atoms with van der Waals surface area (Å²) in [5, 5.41) is 8.78. The smallest absolute Gasteiger partial charge is 0.416 e. The number of nitrogens with zero attached hydrogens (tertiary/aromatic N) is 1. The number of ether oxygens (including phenoxy) is 1. The highest BCUT2D eigenvalue weighted by atomic mass is 16.6. The van der Waals surface area contributed by atoms with Gasteiger partial charge >= 0.3 is 6.09 Å². The molecule has 1 aliphatic heterocycles. The SMILES string of the molecule is N[C@H]1CN(c2ccc(CCO)cc2)C(=O)O1. The summed E-state index contributed by atoms with van der Waals surface area (Å²) in [7, 11) is 0. The Morgan fingerprint density at radius 1 is 1.44 bits per heavy atom. The predicted molar refractivity (Wildman–Crippen MR) is 59.0 cm³/mol. The summed E-state index contributed by atoms with van der Waals surface area (Å²) in [5.41, 5.74) is 7.31. The predicted octanol–water partition coefficient (Wildman–Crippen LogP) is 0.463. The Balaban J connectivity index is 2.12. The van der Waals surface area contributed by atoms with E-state index >= 15 is 0 Å². The van der Waals surface area contributed by atoms with Crippen molar-refractivity contribution in [1.29, 1.82) is 0 Å². The molecule has 0 aromatic heterocycles. The third-order valence-electron chi connectivity index (χ3n) is 2.48. The highest BCUT2D eigenvalue weighted by Crippen LogP contribution is 2.20. The number of benzene rings is 1. The molecule has 1 fully saturated rings. The van der Waals surface area contributed by atoms with Gasteiger partial charge in [0, 0.05) is 12.3 Å². The molecule has 0 bridgehead atoms. The van der Waals surface area contributed by atoms with Crippen molar-refractivity contribution in [2.24, 2.45) is 5.73 Å². The summed E-state index contributed by atoms with van der Waals surface area (Å²) in [6.45, 7) is 0.494. The fourth-order valence-corrected chi connectivity index (χ4v) is 1.67. The minimum absolute atomic E-state index is 0.121. The second kappa shape index (κ2) is 4.51. The van der Waals surface area contributed by atoms with Crippen LogP contribution < -0.4 is 10.6 Å². The standard InChI is InChI=1S/C11H14N2O3/c12-10-7-13(11(15)16-10)9-3-1-8(2-4-9)5-6-14/h1-4,10,14H,5-7,12H2/t10-/m1/s1. The maximum Gasteiger partial charge on any atom is 0.416 e. The van der Waals surface area contributed by atoms with Gasteiger partial charge in [0.05, 0.1) is 6.54 Å². The number of carbonyl (C=O) groups is 1. The normalized spacial score (nSPS) is 20.0. The zero-order valence-corrected chi connectivity index (χ0v) is 8.80. The molecule has 1 heterocycles. The van der Waals surface area contributed by atoms with Crippen LogP contribution in [0.25, 0.3) is 0 Å². The van der Waals surface area contributed by atoms with E-state index in [-0.39, 0.29) is 6.61 Å². The molecule has 1 amide bonds. The van der Waals surface area contributed by atoms with Gasteiger partial charge in [-0.25, -0.2) is 4.79 Å². The van der Waals surface area contributed by atoms with E-state index in [9.17, 15) is 4.79 Å². The lowest BCUT2D eigenvalue weighted by Gasteiger charge is -2.12. The second-order valence-corrected chi connectivity index (χ2v) is 3.67. The topological polar surface area (TPSA) is 75.8 Å². The number of aliphatic hydroxyl groups is 1. The van der Waals surface area contributed by atoms with Crippen molar-refractivity contribution in [2.75, 3.05) is 18.1 Å². The van der Waals surface area contributed by atoms with Gasteiger partial charge in [0.2, 0.25) is 0 Å².